The Hall–Kier alpha value is -2.42. The number of hydrogen-bond acceptors (Lipinski definition) is 2. The van der Waals surface area contributed by atoms with Crippen molar-refractivity contribution < 1.29 is 10.2 Å². The first-order chi connectivity index (χ1) is 13.7. The van der Waals surface area contributed by atoms with Crippen molar-refractivity contribution in [2.75, 3.05) is 0 Å². The number of rotatable bonds is 1. The summed E-state index contributed by atoms with van der Waals surface area (Å²) in [6.07, 6.45) is 3.08. The second-order valence-electron chi connectivity index (χ2n) is 10.3. The quantitative estimate of drug-likeness (QED) is 0.474. The van der Waals surface area contributed by atoms with Crippen LogP contribution in [-0.4, -0.2) is 15.2 Å². The van der Waals surface area contributed by atoms with Crippen LogP contribution in [0.3, 0.4) is 0 Å². The summed E-state index contributed by atoms with van der Waals surface area (Å²) >= 11 is 0. The number of aromatic amines is 1. The molecule has 0 fully saturated rings. The number of phenolic OH excluding ortho intramolecular Hbond substituents is 2. The zero-order valence-corrected chi connectivity index (χ0v) is 18.1. The van der Waals surface area contributed by atoms with Crippen LogP contribution in [0, 0.1) is 5.92 Å². The van der Waals surface area contributed by atoms with Crippen molar-refractivity contribution in [3.05, 3.63) is 58.3 Å². The van der Waals surface area contributed by atoms with Crippen LogP contribution in [-0.2, 0) is 23.7 Å². The highest BCUT2D eigenvalue weighted by Gasteiger charge is 2.53. The number of hydrogen-bond donors (Lipinski definition) is 3. The van der Waals surface area contributed by atoms with Crippen LogP contribution in [0.15, 0.2) is 30.3 Å². The Morgan fingerprint density at radius 1 is 1.00 bits per heavy atom. The minimum atomic E-state index is -0.0264. The molecule has 3 heteroatoms. The molecular formula is C26H31NO2. The van der Waals surface area contributed by atoms with Gasteiger partial charge in [-0.15, -0.1) is 0 Å². The highest BCUT2D eigenvalue weighted by molar-refractivity contribution is 5.90. The first-order valence-electron chi connectivity index (χ1n) is 10.8. The first-order valence-corrected chi connectivity index (χ1v) is 10.8. The molecule has 3 nitrogen and oxygen atoms in total. The number of phenols is 2. The summed E-state index contributed by atoms with van der Waals surface area (Å²) in [6.45, 7) is 11.5. The van der Waals surface area contributed by atoms with Crippen molar-refractivity contribution >= 4 is 10.9 Å². The number of aromatic nitrogens is 1. The molecule has 2 aliphatic rings. The maximum absolute atomic E-state index is 10.6. The van der Waals surface area contributed by atoms with E-state index in [0.29, 0.717) is 23.3 Å². The van der Waals surface area contributed by atoms with E-state index in [0.717, 1.165) is 35.7 Å². The van der Waals surface area contributed by atoms with E-state index in [-0.39, 0.29) is 10.8 Å². The third-order valence-corrected chi connectivity index (χ3v) is 7.96. The van der Waals surface area contributed by atoms with E-state index in [9.17, 15) is 10.2 Å². The molecule has 0 amide bonds. The van der Waals surface area contributed by atoms with Crippen LogP contribution in [0.2, 0.25) is 0 Å². The average Bonchev–Trinajstić information content (AvgIpc) is 3.01. The van der Waals surface area contributed by atoms with Gasteiger partial charge in [-0.25, -0.2) is 0 Å². The standard InChI is InChI=1S/C26H31NO2/c1-14(2)22-16-9-12-21-25(3,4)24-17(15-7-6-8-20(29)23(15)27-24)13-26(21,5)18(16)10-11-19(22)28/h6-8,10-11,14,21,27-29H,9,12-13H2,1-5H3/t21-,26+/m0/s1. The van der Waals surface area contributed by atoms with Gasteiger partial charge >= 0.3 is 0 Å². The van der Waals surface area contributed by atoms with Gasteiger partial charge in [-0.05, 0) is 65.5 Å². The zero-order chi connectivity index (χ0) is 20.7. The van der Waals surface area contributed by atoms with Gasteiger partial charge in [0.15, 0.2) is 0 Å². The van der Waals surface area contributed by atoms with E-state index in [1.54, 1.807) is 6.07 Å². The molecule has 3 aromatic rings. The lowest BCUT2D eigenvalue weighted by Crippen LogP contribution is -2.51. The van der Waals surface area contributed by atoms with Crippen LogP contribution >= 0.6 is 0 Å². The van der Waals surface area contributed by atoms with Crippen LogP contribution in [0.25, 0.3) is 10.9 Å². The minimum absolute atomic E-state index is 0.00199. The molecule has 2 aliphatic carbocycles. The van der Waals surface area contributed by atoms with Gasteiger partial charge in [-0.1, -0.05) is 52.8 Å². The molecule has 0 aliphatic heterocycles. The Morgan fingerprint density at radius 2 is 1.76 bits per heavy atom. The summed E-state index contributed by atoms with van der Waals surface area (Å²) in [5.41, 5.74) is 7.35. The number of fused-ring (bicyclic) bond motifs is 6. The molecule has 0 spiro atoms. The second kappa shape index (κ2) is 5.81. The smallest absolute Gasteiger partial charge is 0.139 e. The van der Waals surface area contributed by atoms with E-state index in [2.05, 4.69) is 51.7 Å². The lowest BCUT2D eigenvalue weighted by atomic mass is 9.49. The molecule has 29 heavy (non-hydrogen) atoms. The Morgan fingerprint density at radius 3 is 2.48 bits per heavy atom. The molecule has 1 heterocycles. The van der Waals surface area contributed by atoms with E-state index < -0.39 is 0 Å². The predicted molar refractivity (Wildman–Crippen MR) is 118 cm³/mol. The lowest BCUT2D eigenvalue weighted by Gasteiger charge is -2.54. The van der Waals surface area contributed by atoms with Crippen molar-refractivity contribution in [1.29, 1.82) is 0 Å². The van der Waals surface area contributed by atoms with E-state index in [1.165, 1.54) is 22.4 Å². The fourth-order valence-electron chi connectivity index (χ4n) is 6.80. The Labute approximate surface area is 172 Å². The Kier molecular flexibility index (Phi) is 3.73. The van der Waals surface area contributed by atoms with Gasteiger partial charge in [0.05, 0.1) is 5.52 Å². The molecule has 0 saturated heterocycles. The normalized spacial score (nSPS) is 25.0. The molecule has 152 valence electrons. The summed E-state index contributed by atoms with van der Waals surface area (Å²) in [5, 5.41) is 22.2. The minimum Gasteiger partial charge on any atom is -0.508 e. The van der Waals surface area contributed by atoms with Crippen LogP contribution in [0.1, 0.15) is 74.9 Å². The third kappa shape index (κ3) is 2.30. The molecule has 0 bridgehead atoms. The Bertz CT molecular complexity index is 1140. The van der Waals surface area contributed by atoms with E-state index >= 15 is 0 Å². The number of para-hydroxylation sites is 1. The van der Waals surface area contributed by atoms with Gasteiger partial charge in [0.2, 0.25) is 0 Å². The van der Waals surface area contributed by atoms with Crippen molar-refractivity contribution in [2.45, 2.75) is 70.6 Å². The zero-order valence-electron chi connectivity index (χ0n) is 18.1. The fraction of sp³-hybridized carbons (Fsp3) is 0.462. The molecule has 5 rings (SSSR count). The summed E-state index contributed by atoms with van der Waals surface area (Å²) in [7, 11) is 0. The van der Waals surface area contributed by atoms with Crippen molar-refractivity contribution in [3.63, 3.8) is 0 Å². The molecule has 2 aromatic carbocycles. The molecule has 3 N–H and O–H groups in total. The van der Waals surface area contributed by atoms with Gasteiger partial charge in [0.25, 0.3) is 0 Å². The Balaban J connectivity index is 1.78. The maximum atomic E-state index is 10.6. The summed E-state index contributed by atoms with van der Waals surface area (Å²) < 4.78 is 0. The second-order valence-corrected chi connectivity index (χ2v) is 10.3. The van der Waals surface area contributed by atoms with Gasteiger partial charge in [0, 0.05) is 21.9 Å². The number of aromatic hydroxyl groups is 2. The molecule has 2 atom stereocenters. The highest BCUT2D eigenvalue weighted by Crippen LogP contribution is 2.58. The van der Waals surface area contributed by atoms with E-state index in [1.807, 2.05) is 12.1 Å². The van der Waals surface area contributed by atoms with Crippen LogP contribution < -0.4 is 0 Å². The first kappa shape index (κ1) is 18.6. The van der Waals surface area contributed by atoms with Crippen molar-refractivity contribution in [3.8, 4) is 11.5 Å². The molecule has 1 aromatic heterocycles. The largest absolute Gasteiger partial charge is 0.508 e. The number of benzene rings is 2. The number of H-pyrrole nitrogens is 1. The van der Waals surface area contributed by atoms with Gasteiger partial charge < -0.3 is 15.2 Å². The molecular weight excluding hydrogens is 358 g/mol. The topological polar surface area (TPSA) is 56.2 Å². The molecule has 0 radical (unpaired) electrons. The summed E-state index contributed by atoms with van der Waals surface area (Å²) in [6, 6.07) is 9.92. The predicted octanol–water partition coefficient (Wildman–Crippen LogP) is 6.06. The maximum Gasteiger partial charge on any atom is 0.139 e. The fourth-order valence-corrected chi connectivity index (χ4v) is 6.80. The summed E-state index contributed by atoms with van der Waals surface area (Å²) in [5.74, 6) is 1.57. The van der Waals surface area contributed by atoms with Crippen molar-refractivity contribution in [2.24, 2.45) is 5.92 Å². The van der Waals surface area contributed by atoms with Crippen LogP contribution in [0.5, 0.6) is 11.5 Å². The molecule has 0 saturated carbocycles. The lowest BCUT2D eigenvalue weighted by molar-refractivity contribution is 0.137. The van der Waals surface area contributed by atoms with Gasteiger partial charge in [0.1, 0.15) is 11.5 Å². The van der Waals surface area contributed by atoms with Gasteiger partial charge in [-0.2, -0.15) is 0 Å². The highest BCUT2D eigenvalue weighted by atomic mass is 16.3. The number of nitrogens with one attached hydrogen (secondary N) is 1. The SMILES string of the molecule is CC(C)c1c(O)ccc2c1CC[C@H]1C(C)(C)c3[nH]c4c(O)cccc4c3C[C@]21C. The van der Waals surface area contributed by atoms with Crippen molar-refractivity contribution in [1.82, 2.24) is 4.98 Å². The van der Waals surface area contributed by atoms with E-state index in [4.69, 9.17) is 0 Å². The molecule has 0 unspecified atom stereocenters. The van der Waals surface area contributed by atoms with Crippen LogP contribution in [0.4, 0.5) is 0 Å². The third-order valence-electron chi connectivity index (χ3n) is 7.96. The summed E-state index contributed by atoms with van der Waals surface area (Å²) in [4.78, 5) is 3.60. The monoisotopic (exact) mass is 389 g/mol. The average molecular weight is 390 g/mol. The van der Waals surface area contributed by atoms with Gasteiger partial charge in [-0.3, -0.25) is 0 Å².